The zero-order valence-electron chi connectivity index (χ0n) is 12.9. The molecule has 0 radical (unpaired) electrons. The zero-order valence-corrected chi connectivity index (χ0v) is 13.7. The third kappa shape index (κ3) is 8.28. The van der Waals surface area contributed by atoms with Crippen LogP contribution >= 0.6 is 11.8 Å². The van der Waals surface area contributed by atoms with Crippen molar-refractivity contribution in [1.29, 1.82) is 0 Å². The number of hydrogen-bond acceptors (Lipinski definition) is 7. The van der Waals surface area contributed by atoms with Crippen molar-refractivity contribution in [2.24, 2.45) is 0 Å². The summed E-state index contributed by atoms with van der Waals surface area (Å²) in [5.74, 6) is 0.358. The largest absolute Gasteiger partial charge is 0.463 e. The number of thioether (sulfide) groups is 1. The molecule has 6 nitrogen and oxygen atoms in total. The number of nitrogens with one attached hydrogen (secondary N) is 1. The fraction of sp³-hybridized carbons (Fsp3) is 0.857. The molecule has 0 amide bonds. The molecule has 0 bridgehead atoms. The number of hydrogen-bond donors (Lipinski definition) is 1. The number of esters is 2. The molecule has 1 heterocycles. The van der Waals surface area contributed by atoms with Gasteiger partial charge in [-0.2, -0.15) is 0 Å². The van der Waals surface area contributed by atoms with Gasteiger partial charge in [-0.15, -0.1) is 11.8 Å². The summed E-state index contributed by atoms with van der Waals surface area (Å²) in [6.45, 7) is 3.95. The van der Waals surface area contributed by atoms with E-state index < -0.39 is 0 Å². The van der Waals surface area contributed by atoms with Crippen LogP contribution in [0.4, 0.5) is 0 Å². The molecule has 0 aliphatic carbocycles. The molecule has 0 aromatic carbocycles. The lowest BCUT2D eigenvalue weighted by molar-refractivity contribution is -0.162. The molecule has 1 saturated heterocycles. The minimum absolute atomic E-state index is 0.0273. The highest BCUT2D eigenvalue weighted by molar-refractivity contribution is 7.99. The topological polar surface area (TPSA) is 73.9 Å². The van der Waals surface area contributed by atoms with Crippen LogP contribution in [0.3, 0.4) is 0 Å². The highest BCUT2D eigenvalue weighted by Crippen LogP contribution is 2.29. The second kappa shape index (κ2) is 10.0. The van der Waals surface area contributed by atoms with Gasteiger partial charge in [0.25, 0.3) is 0 Å². The molecule has 0 aromatic rings. The predicted octanol–water partition coefficient (Wildman–Crippen LogP) is 1.33. The molecule has 3 atom stereocenters. The summed E-state index contributed by atoms with van der Waals surface area (Å²) in [6, 6.07) is 0. The molecule has 1 aliphatic heterocycles. The fourth-order valence-electron chi connectivity index (χ4n) is 2.15. The van der Waals surface area contributed by atoms with E-state index in [9.17, 15) is 9.59 Å². The Hall–Kier alpha value is -0.790. The highest BCUT2D eigenvalue weighted by atomic mass is 32.2. The number of rotatable bonds is 8. The van der Waals surface area contributed by atoms with E-state index in [1.54, 1.807) is 11.8 Å². The summed E-state index contributed by atoms with van der Waals surface area (Å²) in [7, 11) is 1.92. The van der Waals surface area contributed by atoms with Gasteiger partial charge in [0.2, 0.25) is 0 Å². The van der Waals surface area contributed by atoms with Crippen molar-refractivity contribution in [3.8, 4) is 0 Å². The Labute approximate surface area is 130 Å². The molecule has 1 fully saturated rings. The minimum Gasteiger partial charge on any atom is -0.463 e. The van der Waals surface area contributed by atoms with Crippen LogP contribution in [0.25, 0.3) is 0 Å². The Balaban J connectivity index is 2.44. The molecule has 0 spiro atoms. The Bertz CT molecular complexity index is 339. The highest BCUT2D eigenvalue weighted by Gasteiger charge is 2.32. The van der Waals surface area contributed by atoms with Gasteiger partial charge in [-0.25, -0.2) is 0 Å². The smallest absolute Gasteiger partial charge is 0.302 e. The summed E-state index contributed by atoms with van der Waals surface area (Å²) in [6.07, 6.45) is 1.92. The summed E-state index contributed by atoms with van der Waals surface area (Å²) in [5.41, 5.74) is -0.0273. The van der Waals surface area contributed by atoms with E-state index in [4.69, 9.17) is 14.2 Å². The van der Waals surface area contributed by atoms with E-state index in [1.807, 2.05) is 7.05 Å². The first-order chi connectivity index (χ1) is 10.0. The van der Waals surface area contributed by atoms with E-state index in [1.165, 1.54) is 13.8 Å². The number of carbonyl (C=O) groups is 2. The van der Waals surface area contributed by atoms with Gasteiger partial charge >= 0.3 is 11.9 Å². The zero-order chi connectivity index (χ0) is 15.7. The van der Waals surface area contributed by atoms with Crippen molar-refractivity contribution < 1.29 is 23.8 Å². The maximum atomic E-state index is 11.1. The second-order valence-electron chi connectivity index (χ2n) is 5.02. The molecule has 1 rings (SSSR count). The second-order valence-corrected chi connectivity index (χ2v) is 6.29. The Morgan fingerprint density at radius 3 is 2.67 bits per heavy atom. The molecule has 1 aliphatic rings. The van der Waals surface area contributed by atoms with Crippen molar-refractivity contribution in [2.75, 3.05) is 26.0 Å². The predicted molar refractivity (Wildman–Crippen MR) is 81.1 cm³/mol. The first kappa shape index (κ1) is 18.3. The summed E-state index contributed by atoms with van der Waals surface area (Å²) < 4.78 is 16.2. The number of ether oxygens (including phenoxy) is 3. The quantitative estimate of drug-likeness (QED) is 0.534. The summed E-state index contributed by atoms with van der Waals surface area (Å²) in [4.78, 5) is 22.0. The van der Waals surface area contributed by atoms with Crippen molar-refractivity contribution in [3.05, 3.63) is 0 Å². The standard InChI is InChI=1S/C14H25NO5S/c1-10(16)18-9-13-7-12(19-11(2)17)8-14(20-13)21-6-4-5-15-3/h12-15H,4-9H2,1-3H3. The van der Waals surface area contributed by atoms with Crippen LogP contribution in [-0.2, 0) is 23.8 Å². The van der Waals surface area contributed by atoms with Crippen LogP contribution in [0.1, 0.15) is 33.1 Å². The third-order valence-corrected chi connectivity index (χ3v) is 4.21. The maximum absolute atomic E-state index is 11.1. The third-order valence-electron chi connectivity index (χ3n) is 3.01. The Kier molecular flexibility index (Phi) is 8.72. The van der Waals surface area contributed by atoms with Crippen molar-refractivity contribution in [2.45, 2.75) is 50.8 Å². The molecular weight excluding hydrogens is 294 g/mol. The summed E-state index contributed by atoms with van der Waals surface area (Å²) in [5, 5.41) is 3.10. The average Bonchev–Trinajstić information content (AvgIpc) is 2.40. The lowest BCUT2D eigenvalue weighted by atomic mass is 10.1. The maximum Gasteiger partial charge on any atom is 0.302 e. The van der Waals surface area contributed by atoms with Gasteiger partial charge in [-0.05, 0) is 25.8 Å². The Morgan fingerprint density at radius 2 is 2.05 bits per heavy atom. The first-order valence-corrected chi connectivity index (χ1v) is 8.28. The van der Waals surface area contributed by atoms with Gasteiger partial charge in [-0.1, -0.05) is 0 Å². The molecule has 0 aromatic heterocycles. The van der Waals surface area contributed by atoms with E-state index in [0.29, 0.717) is 12.8 Å². The molecule has 0 saturated carbocycles. The van der Waals surface area contributed by atoms with Crippen molar-refractivity contribution in [3.63, 3.8) is 0 Å². The van der Waals surface area contributed by atoms with Crippen LogP contribution < -0.4 is 5.32 Å². The molecule has 122 valence electrons. The molecule has 3 unspecified atom stereocenters. The first-order valence-electron chi connectivity index (χ1n) is 7.23. The van der Waals surface area contributed by atoms with Gasteiger partial charge in [-0.3, -0.25) is 9.59 Å². The van der Waals surface area contributed by atoms with E-state index in [2.05, 4.69) is 5.32 Å². The summed E-state index contributed by atoms with van der Waals surface area (Å²) >= 11 is 1.71. The van der Waals surface area contributed by atoms with Crippen LogP contribution in [0.5, 0.6) is 0 Å². The van der Waals surface area contributed by atoms with Crippen LogP contribution in [0.2, 0.25) is 0 Å². The van der Waals surface area contributed by atoms with Gasteiger partial charge in [0.05, 0.1) is 6.10 Å². The van der Waals surface area contributed by atoms with Gasteiger partial charge < -0.3 is 19.5 Å². The van der Waals surface area contributed by atoms with Gasteiger partial charge in [0, 0.05) is 26.7 Å². The van der Waals surface area contributed by atoms with Crippen LogP contribution in [0, 0.1) is 0 Å². The molecule has 21 heavy (non-hydrogen) atoms. The molecule has 1 N–H and O–H groups in total. The van der Waals surface area contributed by atoms with Gasteiger partial charge in [0.15, 0.2) is 0 Å². The fourth-order valence-corrected chi connectivity index (χ4v) is 3.31. The lowest BCUT2D eigenvalue weighted by Gasteiger charge is -2.34. The monoisotopic (exact) mass is 319 g/mol. The van der Waals surface area contributed by atoms with Crippen molar-refractivity contribution in [1.82, 2.24) is 5.32 Å². The lowest BCUT2D eigenvalue weighted by Crippen LogP contribution is -2.39. The molecule has 7 heteroatoms. The van der Waals surface area contributed by atoms with Crippen LogP contribution in [0.15, 0.2) is 0 Å². The van der Waals surface area contributed by atoms with Crippen LogP contribution in [-0.4, -0.2) is 55.5 Å². The van der Waals surface area contributed by atoms with E-state index in [0.717, 1.165) is 18.7 Å². The Morgan fingerprint density at radius 1 is 1.29 bits per heavy atom. The van der Waals surface area contributed by atoms with E-state index in [-0.39, 0.29) is 36.2 Å². The normalized spacial score (nSPS) is 25.4. The minimum atomic E-state index is -0.327. The average molecular weight is 319 g/mol. The van der Waals surface area contributed by atoms with E-state index >= 15 is 0 Å². The van der Waals surface area contributed by atoms with Gasteiger partial charge in [0.1, 0.15) is 18.1 Å². The number of carbonyl (C=O) groups excluding carboxylic acids is 2. The molecular formula is C14H25NO5S. The van der Waals surface area contributed by atoms with Crippen molar-refractivity contribution >= 4 is 23.7 Å². The SMILES string of the molecule is CNCCCSC1CC(OC(C)=O)CC(COC(C)=O)O1.